The molecular weight excluding hydrogens is 202 g/mol. The highest BCUT2D eigenvalue weighted by atomic mass is 16.3. The van der Waals surface area contributed by atoms with Crippen LogP contribution in [0, 0.1) is 0 Å². The van der Waals surface area contributed by atoms with Gasteiger partial charge in [0.2, 0.25) is 0 Å². The maximum Gasteiger partial charge on any atom is 0.252 e. The standard InChI is InChI=1S/C13H19NO2/c1-4-10-7-5-6-8-11(10)12(16)14-13(2,3)9-15/h5-8,15H,4,9H2,1-3H3,(H,14,16). The lowest BCUT2D eigenvalue weighted by Gasteiger charge is -2.24. The highest BCUT2D eigenvalue weighted by molar-refractivity contribution is 5.96. The fourth-order valence-corrected chi connectivity index (χ4v) is 1.46. The third kappa shape index (κ3) is 3.07. The summed E-state index contributed by atoms with van der Waals surface area (Å²) in [7, 11) is 0. The van der Waals surface area contributed by atoms with Crippen molar-refractivity contribution in [2.24, 2.45) is 0 Å². The maximum atomic E-state index is 12.0. The van der Waals surface area contributed by atoms with Crippen LogP contribution in [0.2, 0.25) is 0 Å². The van der Waals surface area contributed by atoms with Crippen LogP contribution in [0.5, 0.6) is 0 Å². The quantitative estimate of drug-likeness (QED) is 0.813. The lowest BCUT2D eigenvalue weighted by molar-refractivity contribution is 0.0868. The minimum absolute atomic E-state index is 0.0764. The molecule has 1 aromatic rings. The van der Waals surface area contributed by atoms with E-state index in [2.05, 4.69) is 5.32 Å². The average Bonchev–Trinajstić information content (AvgIpc) is 2.28. The van der Waals surface area contributed by atoms with Gasteiger partial charge in [0, 0.05) is 5.56 Å². The number of nitrogens with one attached hydrogen (secondary N) is 1. The molecular formula is C13H19NO2. The molecule has 0 aliphatic carbocycles. The average molecular weight is 221 g/mol. The van der Waals surface area contributed by atoms with Crippen LogP contribution in [-0.2, 0) is 6.42 Å². The first-order valence-corrected chi connectivity index (χ1v) is 5.51. The van der Waals surface area contributed by atoms with Crippen molar-refractivity contribution in [3.63, 3.8) is 0 Å². The molecule has 0 heterocycles. The molecule has 0 aliphatic rings. The lowest BCUT2D eigenvalue weighted by Crippen LogP contribution is -2.46. The lowest BCUT2D eigenvalue weighted by atomic mass is 10.0. The number of carbonyl (C=O) groups excluding carboxylic acids is 1. The zero-order valence-corrected chi connectivity index (χ0v) is 10.1. The van der Waals surface area contributed by atoms with E-state index >= 15 is 0 Å². The number of amides is 1. The van der Waals surface area contributed by atoms with E-state index in [1.165, 1.54) is 0 Å². The van der Waals surface area contributed by atoms with E-state index in [0.717, 1.165) is 12.0 Å². The molecule has 3 heteroatoms. The molecule has 2 N–H and O–H groups in total. The number of carbonyl (C=O) groups is 1. The van der Waals surface area contributed by atoms with Gasteiger partial charge in [0.05, 0.1) is 12.1 Å². The summed E-state index contributed by atoms with van der Waals surface area (Å²) in [6, 6.07) is 7.52. The number of aliphatic hydroxyl groups is 1. The summed E-state index contributed by atoms with van der Waals surface area (Å²) >= 11 is 0. The smallest absolute Gasteiger partial charge is 0.252 e. The van der Waals surface area contributed by atoms with Gasteiger partial charge in [-0.1, -0.05) is 25.1 Å². The van der Waals surface area contributed by atoms with Crippen LogP contribution < -0.4 is 5.32 Å². The Kier molecular flexibility index (Phi) is 4.07. The van der Waals surface area contributed by atoms with Crippen LogP contribution in [-0.4, -0.2) is 23.2 Å². The number of hydrogen-bond acceptors (Lipinski definition) is 2. The van der Waals surface area contributed by atoms with Gasteiger partial charge >= 0.3 is 0 Å². The first-order chi connectivity index (χ1) is 7.50. The van der Waals surface area contributed by atoms with Gasteiger partial charge in [-0.3, -0.25) is 4.79 Å². The van der Waals surface area contributed by atoms with Gasteiger partial charge in [0.25, 0.3) is 5.91 Å². The molecule has 0 spiro atoms. The Balaban J connectivity index is 2.88. The summed E-state index contributed by atoms with van der Waals surface area (Å²) in [6.07, 6.45) is 0.823. The van der Waals surface area contributed by atoms with E-state index in [4.69, 9.17) is 5.11 Å². The van der Waals surface area contributed by atoms with Crippen molar-refractivity contribution >= 4 is 5.91 Å². The summed E-state index contributed by atoms with van der Waals surface area (Å²) < 4.78 is 0. The van der Waals surface area contributed by atoms with E-state index in [0.29, 0.717) is 5.56 Å². The molecule has 0 unspecified atom stereocenters. The van der Waals surface area contributed by atoms with Gasteiger partial charge in [0.15, 0.2) is 0 Å². The zero-order chi connectivity index (χ0) is 12.2. The van der Waals surface area contributed by atoms with Gasteiger partial charge in [-0.05, 0) is 31.9 Å². The summed E-state index contributed by atoms with van der Waals surface area (Å²) in [6.45, 7) is 5.52. The van der Waals surface area contributed by atoms with Gasteiger partial charge in [0.1, 0.15) is 0 Å². The molecule has 0 fully saturated rings. The Labute approximate surface area is 96.5 Å². The Bertz CT molecular complexity index is 372. The number of aliphatic hydroxyl groups excluding tert-OH is 1. The molecule has 0 saturated carbocycles. The van der Waals surface area contributed by atoms with E-state index in [1.54, 1.807) is 13.8 Å². The van der Waals surface area contributed by atoms with Gasteiger partial charge in [-0.25, -0.2) is 0 Å². The number of benzene rings is 1. The molecule has 0 saturated heterocycles. The molecule has 0 atom stereocenters. The first kappa shape index (κ1) is 12.7. The van der Waals surface area contributed by atoms with Crippen molar-refractivity contribution in [2.75, 3.05) is 6.61 Å². The van der Waals surface area contributed by atoms with Crippen molar-refractivity contribution in [1.29, 1.82) is 0 Å². The number of hydrogen-bond donors (Lipinski definition) is 2. The molecule has 0 bridgehead atoms. The molecule has 1 amide bonds. The summed E-state index contributed by atoms with van der Waals surface area (Å²) in [5, 5.41) is 11.9. The van der Waals surface area contributed by atoms with Gasteiger partial charge in [-0.2, -0.15) is 0 Å². The van der Waals surface area contributed by atoms with Crippen LogP contribution in [0.15, 0.2) is 24.3 Å². The fraction of sp³-hybridized carbons (Fsp3) is 0.462. The molecule has 0 aromatic heterocycles. The van der Waals surface area contributed by atoms with Gasteiger partial charge in [-0.15, -0.1) is 0 Å². The summed E-state index contributed by atoms with van der Waals surface area (Å²) in [4.78, 5) is 12.0. The Morgan fingerprint density at radius 2 is 2.00 bits per heavy atom. The van der Waals surface area contributed by atoms with Crippen LogP contribution in [0.25, 0.3) is 0 Å². The number of aryl methyl sites for hydroxylation is 1. The predicted molar refractivity (Wildman–Crippen MR) is 64.5 cm³/mol. The maximum absolute atomic E-state index is 12.0. The predicted octanol–water partition coefficient (Wildman–Crippen LogP) is 1.75. The minimum Gasteiger partial charge on any atom is -0.394 e. The molecule has 1 aromatic carbocycles. The van der Waals surface area contributed by atoms with Crippen molar-refractivity contribution in [2.45, 2.75) is 32.7 Å². The molecule has 16 heavy (non-hydrogen) atoms. The molecule has 88 valence electrons. The minimum atomic E-state index is -0.585. The third-order valence-corrected chi connectivity index (χ3v) is 2.49. The van der Waals surface area contributed by atoms with Crippen LogP contribution >= 0.6 is 0 Å². The molecule has 3 nitrogen and oxygen atoms in total. The monoisotopic (exact) mass is 221 g/mol. The van der Waals surface area contributed by atoms with Crippen LogP contribution in [0.4, 0.5) is 0 Å². The Hall–Kier alpha value is -1.35. The molecule has 1 rings (SSSR count). The van der Waals surface area contributed by atoms with E-state index in [1.807, 2.05) is 31.2 Å². The largest absolute Gasteiger partial charge is 0.394 e. The normalized spacial score (nSPS) is 11.2. The van der Waals surface area contributed by atoms with Gasteiger partial charge < -0.3 is 10.4 Å². The van der Waals surface area contributed by atoms with Crippen molar-refractivity contribution in [1.82, 2.24) is 5.32 Å². The first-order valence-electron chi connectivity index (χ1n) is 5.51. The SMILES string of the molecule is CCc1ccccc1C(=O)NC(C)(C)CO. The fourth-order valence-electron chi connectivity index (χ4n) is 1.46. The topological polar surface area (TPSA) is 49.3 Å². The summed E-state index contributed by atoms with van der Waals surface area (Å²) in [5.41, 5.74) is 1.12. The van der Waals surface area contributed by atoms with Crippen molar-refractivity contribution in [3.8, 4) is 0 Å². The second-order valence-corrected chi connectivity index (χ2v) is 4.51. The second kappa shape index (κ2) is 5.12. The summed E-state index contributed by atoms with van der Waals surface area (Å²) in [5.74, 6) is -0.128. The van der Waals surface area contributed by atoms with E-state index < -0.39 is 5.54 Å². The third-order valence-electron chi connectivity index (χ3n) is 2.49. The zero-order valence-electron chi connectivity index (χ0n) is 10.1. The van der Waals surface area contributed by atoms with Crippen LogP contribution in [0.3, 0.4) is 0 Å². The Morgan fingerprint density at radius 3 is 2.56 bits per heavy atom. The van der Waals surface area contributed by atoms with Crippen LogP contribution in [0.1, 0.15) is 36.7 Å². The molecule has 0 radical (unpaired) electrons. The van der Waals surface area contributed by atoms with Crippen molar-refractivity contribution in [3.05, 3.63) is 35.4 Å². The van der Waals surface area contributed by atoms with Crippen molar-refractivity contribution < 1.29 is 9.90 Å². The number of rotatable bonds is 4. The highest BCUT2D eigenvalue weighted by Gasteiger charge is 2.20. The highest BCUT2D eigenvalue weighted by Crippen LogP contribution is 2.11. The molecule has 0 aliphatic heterocycles. The van der Waals surface area contributed by atoms with E-state index in [-0.39, 0.29) is 12.5 Å². The van der Waals surface area contributed by atoms with E-state index in [9.17, 15) is 4.79 Å². The second-order valence-electron chi connectivity index (χ2n) is 4.51. The Morgan fingerprint density at radius 1 is 1.38 bits per heavy atom.